The lowest BCUT2D eigenvalue weighted by molar-refractivity contribution is -0.137. The van der Waals surface area contributed by atoms with Gasteiger partial charge in [0.2, 0.25) is 11.9 Å². The predicted molar refractivity (Wildman–Crippen MR) is 100 cm³/mol. The van der Waals surface area contributed by atoms with Crippen LogP contribution in [0.1, 0.15) is 22.7 Å². The lowest BCUT2D eigenvalue weighted by atomic mass is 10.1. The van der Waals surface area contributed by atoms with E-state index in [0.29, 0.717) is 5.56 Å². The Hall–Kier alpha value is -3.26. The first-order chi connectivity index (χ1) is 13.8. The number of carbonyl (C=O) groups is 1. The van der Waals surface area contributed by atoms with Gasteiger partial charge in [-0.05, 0) is 29.8 Å². The molecule has 2 aromatic carbocycles. The summed E-state index contributed by atoms with van der Waals surface area (Å²) in [6.07, 6.45) is -3.20. The topological polar surface area (TPSA) is 54.0 Å². The highest BCUT2D eigenvalue weighted by atomic mass is 19.4. The highest BCUT2D eigenvalue weighted by Crippen LogP contribution is 2.31. The van der Waals surface area contributed by atoms with Crippen molar-refractivity contribution in [2.24, 2.45) is 0 Å². The minimum absolute atomic E-state index is 0.00917. The number of nitrogens with zero attached hydrogens (tertiary/aromatic N) is 1. The third-order valence-electron chi connectivity index (χ3n) is 4.19. The van der Waals surface area contributed by atoms with Crippen LogP contribution in [-0.2, 0) is 17.5 Å². The van der Waals surface area contributed by atoms with Gasteiger partial charge in [-0.3, -0.25) is 10.1 Å². The highest BCUT2D eigenvalue weighted by molar-refractivity contribution is 5.95. The number of carbonyl (C=O) groups excluding carboxylic acids is 1. The zero-order valence-corrected chi connectivity index (χ0v) is 15.1. The fourth-order valence-electron chi connectivity index (χ4n) is 2.76. The maximum Gasteiger partial charge on any atom is 0.416 e. The van der Waals surface area contributed by atoms with E-state index in [9.17, 15) is 22.4 Å². The lowest BCUT2D eigenvalue weighted by Gasteiger charge is -2.19. The molecule has 3 aromatic rings. The number of anilines is 1. The van der Waals surface area contributed by atoms with Gasteiger partial charge in [0, 0.05) is 24.0 Å². The number of pyridine rings is 1. The number of halogens is 4. The smallest absolute Gasteiger partial charge is 0.324 e. The van der Waals surface area contributed by atoms with Crippen LogP contribution >= 0.6 is 0 Å². The molecule has 0 fully saturated rings. The average molecular weight is 403 g/mol. The van der Waals surface area contributed by atoms with Crippen molar-refractivity contribution in [2.75, 3.05) is 5.32 Å². The Balaban J connectivity index is 1.81. The van der Waals surface area contributed by atoms with Crippen molar-refractivity contribution in [1.82, 2.24) is 10.3 Å². The molecule has 0 saturated heterocycles. The van der Waals surface area contributed by atoms with Gasteiger partial charge < -0.3 is 5.32 Å². The third kappa shape index (κ3) is 5.39. The number of nitrogens with one attached hydrogen (secondary N) is 2. The molecular weight excluding hydrogens is 386 g/mol. The molecule has 1 amide bonds. The number of rotatable bonds is 6. The maximum absolute atomic E-state index is 13.8. The van der Waals surface area contributed by atoms with E-state index in [1.807, 2.05) is 0 Å². The van der Waals surface area contributed by atoms with Gasteiger partial charge in [-0.2, -0.15) is 17.6 Å². The Morgan fingerprint density at radius 2 is 1.76 bits per heavy atom. The third-order valence-corrected chi connectivity index (χ3v) is 4.19. The average Bonchev–Trinajstić information content (AvgIpc) is 2.70. The summed E-state index contributed by atoms with van der Waals surface area (Å²) < 4.78 is 52.5. The summed E-state index contributed by atoms with van der Waals surface area (Å²) in [5.74, 6) is -1.23. The first-order valence-corrected chi connectivity index (χ1v) is 8.70. The molecule has 4 nitrogen and oxygen atoms in total. The minimum Gasteiger partial charge on any atom is -0.324 e. The summed E-state index contributed by atoms with van der Waals surface area (Å²) in [7, 11) is 0. The lowest BCUT2D eigenvalue weighted by Crippen LogP contribution is -2.33. The van der Waals surface area contributed by atoms with Gasteiger partial charge in [0.25, 0.3) is 0 Å². The number of amides is 1. The Morgan fingerprint density at radius 1 is 1.00 bits per heavy atom. The van der Waals surface area contributed by atoms with Gasteiger partial charge in [0.15, 0.2) is 0 Å². The van der Waals surface area contributed by atoms with Crippen molar-refractivity contribution in [3.8, 4) is 0 Å². The molecule has 2 N–H and O–H groups in total. The molecule has 0 radical (unpaired) electrons. The second kappa shape index (κ2) is 8.83. The summed E-state index contributed by atoms with van der Waals surface area (Å²) in [6.45, 7) is 0.00917. The molecule has 150 valence electrons. The fourth-order valence-corrected chi connectivity index (χ4v) is 2.76. The van der Waals surface area contributed by atoms with Crippen LogP contribution in [0.25, 0.3) is 0 Å². The Bertz CT molecular complexity index is 977. The van der Waals surface area contributed by atoms with E-state index in [0.717, 1.165) is 12.1 Å². The SMILES string of the molecule is O=C(Nc1cccc(C(F)(F)F)c1)C(NCc1cccnc1F)c1ccccc1. The number of benzene rings is 2. The Labute approximate surface area is 164 Å². The first-order valence-electron chi connectivity index (χ1n) is 8.70. The van der Waals surface area contributed by atoms with Gasteiger partial charge in [-0.1, -0.05) is 42.5 Å². The molecule has 0 aliphatic rings. The molecule has 1 unspecified atom stereocenters. The summed E-state index contributed by atoms with van der Waals surface area (Å²) in [4.78, 5) is 16.4. The van der Waals surface area contributed by atoms with E-state index in [4.69, 9.17) is 0 Å². The predicted octanol–water partition coefficient (Wildman–Crippen LogP) is 4.71. The van der Waals surface area contributed by atoms with E-state index in [2.05, 4.69) is 15.6 Å². The summed E-state index contributed by atoms with van der Waals surface area (Å²) in [6, 6.07) is 15.2. The minimum atomic E-state index is -4.52. The van der Waals surface area contributed by atoms with Gasteiger partial charge >= 0.3 is 6.18 Å². The van der Waals surface area contributed by atoms with Crippen molar-refractivity contribution in [3.63, 3.8) is 0 Å². The molecule has 0 spiro atoms. The van der Waals surface area contributed by atoms with Crippen LogP contribution in [0.3, 0.4) is 0 Å². The molecule has 0 aliphatic heterocycles. The quantitative estimate of drug-likeness (QED) is 0.463. The molecule has 0 bridgehead atoms. The molecule has 29 heavy (non-hydrogen) atoms. The monoisotopic (exact) mass is 403 g/mol. The summed E-state index contributed by atoms with van der Waals surface area (Å²) >= 11 is 0. The molecular formula is C21H17F4N3O. The second-order valence-corrected chi connectivity index (χ2v) is 6.25. The van der Waals surface area contributed by atoms with Crippen LogP contribution in [0.4, 0.5) is 23.2 Å². The summed E-state index contributed by atoms with van der Waals surface area (Å²) in [5, 5.41) is 5.44. The largest absolute Gasteiger partial charge is 0.416 e. The Kier molecular flexibility index (Phi) is 6.23. The molecule has 8 heteroatoms. The summed E-state index contributed by atoms with van der Waals surface area (Å²) in [5.41, 5.74) is -0.00126. The van der Waals surface area contributed by atoms with Crippen LogP contribution in [-0.4, -0.2) is 10.9 Å². The molecule has 1 heterocycles. The second-order valence-electron chi connectivity index (χ2n) is 6.25. The zero-order valence-electron chi connectivity index (χ0n) is 15.1. The molecule has 0 aliphatic carbocycles. The van der Waals surface area contributed by atoms with Gasteiger partial charge in [-0.15, -0.1) is 0 Å². The molecule has 0 saturated carbocycles. The normalized spacial score (nSPS) is 12.4. The van der Waals surface area contributed by atoms with Crippen molar-refractivity contribution in [1.29, 1.82) is 0 Å². The molecule has 1 atom stereocenters. The number of hydrogen-bond acceptors (Lipinski definition) is 3. The van der Waals surface area contributed by atoms with E-state index in [1.165, 1.54) is 24.4 Å². The molecule has 3 rings (SSSR count). The van der Waals surface area contributed by atoms with Crippen LogP contribution in [0.2, 0.25) is 0 Å². The number of aromatic nitrogens is 1. The fraction of sp³-hybridized carbons (Fsp3) is 0.143. The van der Waals surface area contributed by atoms with E-state index >= 15 is 0 Å². The van der Waals surface area contributed by atoms with Gasteiger partial charge in [0.05, 0.1) is 5.56 Å². The standard InChI is InChI=1S/C21H17F4N3O/c22-19-15(8-5-11-26-19)13-27-18(14-6-2-1-3-7-14)20(29)28-17-10-4-9-16(12-17)21(23,24)25/h1-12,18,27H,13H2,(H,28,29). The van der Waals surface area contributed by atoms with Crippen LogP contribution < -0.4 is 10.6 Å². The van der Waals surface area contributed by atoms with Gasteiger partial charge in [-0.25, -0.2) is 4.98 Å². The van der Waals surface area contributed by atoms with Crippen LogP contribution in [0.15, 0.2) is 72.9 Å². The maximum atomic E-state index is 13.8. The van der Waals surface area contributed by atoms with Crippen LogP contribution in [0, 0.1) is 5.95 Å². The zero-order chi connectivity index (χ0) is 20.9. The van der Waals surface area contributed by atoms with E-state index < -0.39 is 29.6 Å². The van der Waals surface area contributed by atoms with Crippen molar-refractivity contribution >= 4 is 11.6 Å². The first kappa shape index (κ1) is 20.5. The number of alkyl halides is 3. The van der Waals surface area contributed by atoms with E-state index in [1.54, 1.807) is 36.4 Å². The molecule has 1 aromatic heterocycles. The highest BCUT2D eigenvalue weighted by Gasteiger charge is 2.30. The Morgan fingerprint density at radius 3 is 2.45 bits per heavy atom. The van der Waals surface area contributed by atoms with Gasteiger partial charge in [0.1, 0.15) is 6.04 Å². The van der Waals surface area contributed by atoms with Crippen LogP contribution in [0.5, 0.6) is 0 Å². The van der Waals surface area contributed by atoms with Crippen molar-refractivity contribution < 1.29 is 22.4 Å². The van der Waals surface area contributed by atoms with Crippen molar-refractivity contribution in [3.05, 3.63) is 95.6 Å². The van der Waals surface area contributed by atoms with Crippen molar-refractivity contribution in [2.45, 2.75) is 18.8 Å². The number of hydrogen-bond donors (Lipinski definition) is 2. The van der Waals surface area contributed by atoms with E-state index in [-0.39, 0.29) is 17.8 Å².